The molecule has 1 unspecified atom stereocenters. The van der Waals surface area contributed by atoms with Gasteiger partial charge in [-0.05, 0) is 42.0 Å². The molecule has 1 atom stereocenters. The molecule has 0 saturated carbocycles. The molecule has 2 aromatic rings. The third-order valence-corrected chi connectivity index (χ3v) is 6.51. The summed E-state index contributed by atoms with van der Waals surface area (Å²) in [7, 11) is -3.04. The zero-order chi connectivity index (χ0) is 17.0. The van der Waals surface area contributed by atoms with E-state index in [0.29, 0.717) is 10.8 Å². The Bertz CT molecular complexity index is 784. The normalized spacial score (nSPS) is 12.8. The van der Waals surface area contributed by atoms with Gasteiger partial charge in [-0.1, -0.05) is 17.7 Å². The van der Waals surface area contributed by atoms with Crippen LogP contribution in [0.1, 0.15) is 15.9 Å². The molecule has 8 heteroatoms. The minimum absolute atomic E-state index is 0.0708. The van der Waals surface area contributed by atoms with Crippen LogP contribution in [0.5, 0.6) is 0 Å². The molecule has 122 valence electrons. The lowest BCUT2D eigenvalue weighted by atomic mass is 10.1. The van der Waals surface area contributed by atoms with E-state index in [0.717, 1.165) is 5.56 Å². The topological polar surface area (TPSA) is 98.9 Å². The number of aryl methyl sites for hydroxylation is 1. The lowest BCUT2D eigenvalue weighted by Crippen LogP contribution is -2.99. The van der Waals surface area contributed by atoms with Gasteiger partial charge in [0.2, 0.25) is 8.87 Å². The first-order valence-electron chi connectivity index (χ1n) is 6.62. The second-order valence-electron chi connectivity index (χ2n) is 4.84. The van der Waals surface area contributed by atoms with Crippen molar-refractivity contribution in [3.8, 4) is 0 Å². The number of Topliss-reactive ketones (excluding diaryl/α,β-unsaturated/α-hetero) is 1. The first-order chi connectivity index (χ1) is 10.8. The Labute approximate surface area is 137 Å². The number of carbonyl (C=O) groups is 1. The zero-order valence-electron chi connectivity index (χ0n) is 12.2. The number of carbonyl (C=O) groups excluding carboxylic acids is 1. The highest BCUT2D eigenvalue weighted by Gasteiger charge is 2.18. The van der Waals surface area contributed by atoms with Crippen molar-refractivity contribution in [2.45, 2.75) is 11.8 Å². The van der Waals surface area contributed by atoms with Crippen molar-refractivity contribution in [2.75, 3.05) is 5.75 Å². The van der Waals surface area contributed by atoms with Crippen molar-refractivity contribution in [1.82, 2.24) is 0 Å². The molecule has 0 heterocycles. The van der Waals surface area contributed by atoms with Gasteiger partial charge in [-0.25, -0.2) is 13.6 Å². The van der Waals surface area contributed by atoms with E-state index >= 15 is 0 Å². The smallest absolute Gasteiger partial charge is 0.230 e. The molecular weight excluding hydrogens is 338 g/mol. The van der Waals surface area contributed by atoms with Gasteiger partial charge in [0.25, 0.3) is 0 Å². The summed E-state index contributed by atoms with van der Waals surface area (Å²) >= 11 is 0. The first-order valence-corrected chi connectivity index (χ1v) is 9.61. The minimum atomic E-state index is -3.60. The molecular formula is C15H15NO5S2. The highest BCUT2D eigenvalue weighted by Crippen LogP contribution is 2.24. The Balaban J connectivity index is 2.04. The molecule has 0 fully saturated rings. The van der Waals surface area contributed by atoms with E-state index in [1.807, 2.05) is 6.92 Å². The summed E-state index contributed by atoms with van der Waals surface area (Å²) in [6, 6.07) is 11.8. The van der Waals surface area contributed by atoms with Gasteiger partial charge >= 0.3 is 0 Å². The van der Waals surface area contributed by atoms with Crippen molar-refractivity contribution in [3.63, 3.8) is 0 Å². The summed E-state index contributed by atoms with van der Waals surface area (Å²) in [5.41, 5.74) is 1.30. The number of nitrogens with one attached hydrogen (secondary N) is 1. The summed E-state index contributed by atoms with van der Waals surface area (Å²) < 4.78 is 24.3. The highest BCUT2D eigenvalue weighted by molar-refractivity contribution is 8.72. The summed E-state index contributed by atoms with van der Waals surface area (Å²) in [6.45, 7) is 1.86. The molecule has 6 nitrogen and oxygen atoms in total. The van der Waals surface area contributed by atoms with Crippen LogP contribution in [-0.2, 0) is 8.87 Å². The molecule has 2 rings (SSSR count). The Morgan fingerprint density at radius 1 is 1.13 bits per heavy atom. The monoisotopic (exact) mass is 353 g/mol. The van der Waals surface area contributed by atoms with Crippen molar-refractivity contribution in [1.29, 1.82) is 0 Å². The second kappa shape index (κ2) is 7.24. The van der Waals surface area contributed by atoms with Crippen LogP contribution in [0.3, 0.4) is 0 Å². The van der Waals surface area contributed by atoms with Gasteiger partial charge in [0.1, 0.15) is 0 Å². The standard InChI is InChI=1S/C15H15NO5S2/c1-11-2-8-14(9-3-11)23(20,21)22-10-15(17)12-4-6-13(7-5-12)16(18)19/h2-9,16,18H,10H2,1H3. The fourth-order valence-corrected chi connectivity index (χ4v) is 4.35. The van der Waals surface area contributed by atoms with E-state index in [1.165, 1.54) is 36.4 Å². The lowest BCUT2D eigenvalue weighted by Gasteiger charge is -2.11. The van der Waals surface area contributed by atoms with Crippen LogP contribution in [0, 0.1) is 12.1 Å². The summed E-state index contributed by atoms with van der Waals surface area (Å²) in [5, 5.41) is 18.5. The predicted molar refractivity (Wildman–Crippen MR) is 87.4 cm³/mol. The van der Waals surface area contributed by atoms with E-state index in [9.17, 15) is 18.4 Å². The maximum absolute atomic E-state index is 12.2. The van der Waals surface area contributed by atoms with Gasteiger partial charge in [-0.15, -0.1) is 0 Å². The fourth-order valence-electron chi connectivity index (χ4n) is 1.79. The molecule has 0 spiro atoms. The van der Waals surface area contributed by atoms with Gasteiger partial charge in [-0.2, -0.15) is 5.23 Å². The largest absolute Gasteiger partial charge is 0.595 e. The predicted octanol–water partition coefficient (Wildman–Crippen LogP) is 1.70. The van der Waals surface area contributed by atoms with Crippen LogP contribution in [0.25, 0.3) is 0 Å². The average Bonchev–Trinajstić information content (AvgIpc) is 2.53. The molecule has 0 radical (unpaired) electrons. The number of ketones is 1. The SMILES string of the molecule is Cc1ccc(S(=O)(=O)SCC(=O)c2ccc([NH+]([O-])O)cc2)cc1. The van der Waals surface area contributed by atoms with Gasteiger partial charge in [-0.3, -0.25) is 4.79 Å². The molecule has 0 aliphatic heterocycles. The number of hydrogen-bond donors (Lipinski definition) is 2. The molecule has 0 aromatic heterocycles. The van der Waals surface area contributed by atoms with Crippen molar-refractivity contribution >= 4 is 31.1 Å². The van der Waals surface area contributed by atoms with Crippen LogP contribution < -0.4 is 5.23 Å². The molecule has 0 amide bonds. The molecule has 0 aliphatic carbocycles. The van der Waals surface area contributed by atoms with E-state index in [4.69, 9.17) is 5.21 Å². The Hall–Kier alpha value is -1.71. The first kappa shape index (κ1) is 17.6. The van der Waals surface area contributed by atoms with Crippen LogP contribution in [0.4, 0.5) is 5.69 Å². The van der Waals surface area contributed by atoms with E-state index in [1.54, 1.807) is 12.1 Å². The maximum atomic E-state index is 12.2. The minimum Gasteiger partial charge on any atom is -0.595 e. The Morgan fingerprint density at radius 3 is 2.22 bits per heavy atom. The Morgan fingerprint density at radius 2 is 1.70 bits per heavy atom. The third kappa shape index (κ3) is 4.63. The van der Waals surface area contributed by atoms with Crippen LogP contribution in [0.15, 0.2) is 53.4 Å². The molecule has 0 saturated heterocycles. The molecule has 0 aliphatic rings. The quantitative estimate of drug-likeness (QED) is 0.466. The van der Waals surface area contributed by atoms with Crippen LogP contribution in [0.2, 0.25) is 0 Å². The van der Waals surface area contributed by atoms with Gasteiger partial charge in [0, 0.05) is 17.7 Å². The summed E-state index contributed by atoms with van der Waals surface area (Å²) in [6.07, 6.45) is 0. The number of quaternary nitrogens is 1. The third-order valence-electron chi connectivity index (χ3n) is 3.11. The zero-order valence-corrected chi connectivity index (χ0v) is 13.9. The molecule has 0 bridgehead atoms. The van der Waals surface area contributed by atoms with Gasteiger partial charge < -0.3 is 5.21 Å². The Kier molecular flexibility index (Phi) is 5.55. The van der Waals surface area contributed by atoms with E-state index in [-0.39, 0.29) is 27.7 Å². The molecule has 2 N–H and O–H groups in total. The number of benzene rings is 2. The fraction of sp³-hybridized carbons (Fsp3) is 0.133. The summed E-state index contributed by atoms with van der Waals surface area (Å²) in [5.74, 6) is -0.606. The maximum Gasteiger partial charge on any atom is 0.230 e. The van der Waals surface area contributed by atoms with E-state index < -0.39 is 14.1 Å². The second-order valence-corrected chi connectivity index (χ2v) is 8.76. The van der Waals surface area contributed by atoms with Crippen molar-refractivity contribution in [3.05, 3.63) is 64.9 Å². The van der Waals surface area contributed by atoms with Crippen molar-refractivity contribution < 1.29 is 23.6 Å². The van der Waals surface area contributed by atoms with Crippen LogP contribution >= 0.6 is 10.8 Å². The van der Waals surface area contributed by atoms with E-state index in [2.05, 4.69) is 0 Å². The van der Waals surface area contributed by atoms with Crippen molar-refractivity contribution in [2.24, 2.45) is 0 Å². The summed E-state index contributed by atoms with van der Waals surface area (Å²) in [4.78, 5) is 12.2. The van der Waals surface area contributed by atoms with Gasteiger partial charge in [0.15, 0.2) is 11.5 Å². The number of rotatable bonds is 6. The molecule has 2 aromatic carbocycles. The van der Waals surface area contributed by atoms with Crippen LogP contribution in [-0.4, -0.2) is 25.2 Å². The molecule has 23 heavy (non-hydrogen) atoms. The number of hydrogen-bond acceptors (Lipinski definition) is 6. The average molecular weight is 353 g/mol. The van der Waals surface area contributed by atoms with Gasteiger partial charge in [0.05, 0.1) is 10.6 Å². The lowest BCUT2D eigenvalue weighted by molar-refractivity contribution is -0.991. The highest BCUT2D eigenvalue weighted by atomic mass is 33.1.